The first-order valence-electron chi connectivity index (χ1n) is 1.95. The molecule has 1 aliphatic heterocycles. The minimum atomic E-state index is 0.772. The Hall–Kier alpha value is 1.09. The Morgan fingerprint density at radius 1 is 1.86 bits per heavy atom. The summed E-state index contributed by atoms with van der Waals surface area (Å²) in [5, 5.41) is 3.36. The zero-order valence-corrected chi connectivity index (χ0v) is 7.75. The predicted molar refractivity (Wildman–Crippen MR) is 40.1 cm³/mol. The van der Waals surface area contributed by atoms with Crippen LogP contribution in [0.4, 0.5) is 0 Å². The molecular formula is C4H5BrSSe. The summed E-state index contributed by atoms with van der Waals surface area (Å²) in [7, 11) is 0. The van der Waals surface area contributed by atoms with E-state index in [1.54, 1.807) is 0 Å². The topological polar surface area (TPSA) is 0 Å². The number of alkyl halides is 1. The molecule has 0 aromatic carbocycles. The van der Waals surface area contributed by atoms with E-state index in [9.17, 15) is 0 Å². The monoisotopic (exact) mass is 244 g/mol. The first kappa shape index (κ1) is 6.21. The van der Waals surface area contributed by atoms with Crippen molar-refractivity contribution in [3.8, 4) is 0 Å². The van der Waals surface area contributed by atoms with Crippen LogP contribution in [0.1, 0.15) is 0 Å². The zero-order chi connectivity index (χ0) is 5.11. The molecule has 0 saturated heterocycles. The summed E-state index contributed by atoms with van der Waals surface area (Å²) in [5.41, 5.74) is 0. The molecule has 3 heteroatoms. The Labute approximate surface area is 62.4 Å². The fourth-order valence-corrected chi connectivity index (χ4v) is 4.50. The van der Waals surface area contributed by atoms with Crippen LogP contribution in [0.3, 0.4) is 0 Å². The Bertz CT molecular complexity index is 75.8. The van der Waals surface area contributed by atoms with Crippen molar-refractivity contribution in [3.05, 3.63) is 10.4 Å². The second-order valence-electron chi connectivity index (χ2n) is 1.13. The summed E-state index contributed by atoms with van der Waals surface area (Å²) in [4.78, 5) is 2.28. The van der Waals surface area contributed by atoms with Crippen molar-refractivity contribution < 1.29 is 0 Å². The van der Waals surface area contributed by atoms with Gasteiger partial charge in [-0.25, -0.2) is 0 Å². The molecule has 40 valence electrons. The van der Waals surface area contributed by atoms with Gasteiger partial charge in [0.25, 0.3) is 0 Å². The van der Waals surface area contributed by atoms with Crippen LogP contribution in [0.5, 0.6) is 0 Å². The van der Waals surface area contributed by atoms with Gasteiger partial charge in [-0.2, -0.15) is 0 Å². The van der Waals surface area contributed by atoms with Gasteiger partial charge in [0.1, 0.15) is 0 Å². The summed E-state index contributed by atoms with van der Waals surface area (Å²) in [6.07, 6.45) is 0. The van der Waals surface area contributed by atoms with E-state index in [-0.39, 0.29) is 0 Å². The van der Waals surface area contributed by atoms with Crippen molar-refractivity contribution >= 4 is 42.6 Å². The molecule has 0 fully saturated rings. The molecule has 0 aromatic rings. The van der Waals surface area contributed by atoms with E-state index in [1.807, 2.05) is 11.8 Å². The minimum absolute atomic E-state index is 0.772. The van der Waals surface area contributed by atoms with Crippen LogP contribution in [0.15, 0.2) is 10.4 Å². The van der Waals surface area contributed by atoms with Gasteiger partial charge in [-0.3, -0.25) is 0 Å². The van der Waals surface area contributed by atoms with Gasteiger partial charge in [0, 0.05) is 0 Å². The average Bonchev–Trinajstić information content (AvgIpc) is 2.14. The Morgan fingerprint density at radius 3 is 3.00 bits per heavy atom. The summed E-state index contributed by atoms with van der Waals surface area (Å²) >= 11 is 6.15. The molecule has 1 heterocycles. The van der Waals surface area contributed by atoms with Crippen molar-refractivity contribution in [1.82, 2.24) is 0 Å². The van der Waals surface area contributed by atoms with Crippen LogP contribution in [0.25, 0.3) is 0 Å². The molecule has 1 atom stereocenters. The predicted octanol–water partition coefficient (Wildman–Crippen LogP) is 1.63. The Morgan fingerprint density at radius 2 is 2.71 bits per heavy atom. The third-order valence-electron chi connectivity index (χ3n) is 0.642. The molecular weight excluding hydrogens is 239 g/mol. The van der Waals surface area contributed by atoms with E-state index in [2.05, 4.69) is 26.3 Å². The number of hydrogen-bond donors (Lipinski definition) is 0. The molecule has 1 unspecified atom stereocenters. The van der Waals surface area contributed by atoms with Gasteiger partial charge >= 0.3 is 62.5 Å². The SMILES string of the molecule is BrCC1SC=C[Se]1. The molecule has 0 N–H and O–H groups in total. The van der Waals surface area contributed by atoms with Crippen LogP contribution in [-0.2, 0) is 0 Å². The molecule has 7 heavy (non-hydrogen) atoms. The fourth-order valence-electron chi connectivity index (χ4n) is 0.344. The van der Waals surface area contributed by atoms with Crippen LogP contribution >= 0.6 is 27.7 Å². The van der Waals surface area contributed by atoms with Crippen molar-refractivity contribution in [3.63, 3.8) is 0 Å². The quantitative estimate of drug-likeness (QED) is 0.499. The van der Waals surface area contributed by atoms with E-state index >= 15 is 0 Å². The maximum absolute atomic E-state index is 3.43. The Balaban J connectivity index is 2.22. The van der Waals surface area contributed by atoms with Crippen LogP contribution in [-0.4, -0.2) is 24.4 Å². The summed E-state index contributed by atoms with van der Waals surface area (Å²) in [5.74, 6) is 0. The van der Waals surface area contributed by atoms with E-state index in [0.717, 1.165) is 24.4 Å². The van der Waals surface area contributed by atoms with Crippen LogP contribution in [0, 0.1) is 0 Å². The third kappa shape index (κ3) is 1.80. The van der Waals surface area contributed by atoms with Gasteiger partial charge in [-0.05, 0) is 0 Å². The van der Waals surface area contributed by atoms with Gasteiger partial charge in [-0.15, -0.1) is 0 Å². The number of rotatable bonds is 1. The van der Waals surface area contributed by atoms with Crippen molar-refractivity contribution in [2.75, 3.05) is 5.33 Å². The van der Waals surface area contributed by atoms with Gasteiger partial charge in [-0.1, -0.05) is 0 Å². The maximum atomic E-state index is 3.43. The van der Waals surface area contributed by atoms with Gasteiger partial charge in [0.2, 0.25) is 0 Å². The number of hydrogen-bond acceptors (Lipinski definition) is 1. The average molecular weight is 244 g/mol. The molecule has 0 radical (unpaired) electrons. The number of halogens is 1. The molecule has 0 amide bonds. The molecule has 0 aliphatic carbocycles. The normalized spacial score (nSPS) is 29.0. The van der Waals surface area contributed by atoms with Gasteiger partial charge in [0.15, 0.2) is 0 Å². The van der Waals surface area contributed by atoms with E-state index < -0.39 is 0 Å². The molecule has 1 rings (SSSR count). The van der Waals surface area contributed by atoms with E-state index in [4.69, 9.17) is 0 Å². The van der Waals surface area contributed by atoms with Gasteiger partial charge in [0.05, 0.1) is 0 Å². The Kier molecular flexibility index (Phi) is 2.82. The van der Waals surface area contributed by atoms with Crippen LogP contribution < -0.4 is 0 Å². The fraction of sp³-hybridized carbons (Fsp3) is 0.500. The first-order chi connectivity index (χ1) is 3.43. The van der Waals surface area contributed by atoms with E-state index in [0.29, 0.717) is 0 Å². The van der Waals surface area contributed by atoms with E-state index in [1.165, 1.54) is 0 Å². The third-order valence-corrected chi connectivity index (χ3v) is 6.71. The molecule has 0 saturated carbocycles. The van der Waals surface area contributed by atoms with Crippen molar-refractivity contribution in [2.24, 2.45) is 0 Å². The number of thioether (sulfide) groups is 1. The summed E-state index contributed by atoms with van der Waals surface area (Å²) < 4.78 is 0.882. The molecule has 1 aliphatic rings. The molecule has 0 aromatic heterocycles. The van der Waals surface area contributed by atoms with Crippen molar-refractivity contribution in [2.45, 2.75) is 4.15 Å². The molecule has 0 nitrogen and oxygen atoms in total. The molecule has 0 bridgehead atoms. The van der Waals surface area contributed by atoms with Crippen LogP contribution in [0.2, 0.25) is 0 Å². The van der Waals surface area contributed by atoms with Crippen molar-refractivity contribution in [1.29, 1.82) is 0 Å². The standard InChI is InChI=1S/C4H5BrSSe/c5-3-4-6-1-2-7-4/h1-2,4H,3H2. The zero-order valence-electron chi connectivity index (χ0n) is 3.63. The molecule has 0 spiro atoms. The second-order valence-corrected chi connectivity index (χ2v) is 5.90. The first-order valence-corrected chi connectivity index (χ1v) is 5.99. The summed E-state index contributed by atoms with van der Waals surface area (Å²) in [6.45, 7) is 0. The van der Waals surface area contributed by atoms with Gasteiger partial charge < -0.3 is 0 Å². The summed E-state index contributed by atoms with van der Waals surface area (Å²) in [6, 6.07) is 0. The second kappa shape index (κ2) is 3.18.